The molecule has 0 saturated heterocycles. The van der Waals surface area contributed by atoms with Crippen LogP contribution >= 0.6 is 0 Å². The van der Waals surface area contributed by atoms with Gasteiger partial charge in [-0.05, 0) is 97.8 Å². The Morgan fingerprint density at radius 2 is 0.955 bits per heavy atom. The fraction of sp³-hybridized carbons (Fsp3) is 0.135. The first-order valence-electron chi connectivity index (χ1n) is 21.0. The minimum atomic E-state index is -1.80. The lowest BCUT2D eigenvalue weighted by Crippen LogP contribution is -2.50. The molecule has 0 bridgehead atoms. The van der Waals surface area contributed by atoms with Crippen molar-refractivity contribution in [3.05, 3.63) is 224 Å². The van der Waals surface area contributed by atoms with Crippen LogP contribution in [0.25, 0.3) is 22.6 Å². The molecule has 2 aliphatic heterocycles. The number of benzene rings is 6. The molecule has 0 amide bonds. The molecule has 2 aliphatic rings. The normalized spacial score (nSPS) is 12.4. The number of esters is 4. The summed E-state index contributed by atoms with van der Waals surface area (Å²) in [5, 5.41) is 0. The number of carbonyl (C=O) groups excluding carboxylic acids is 5. The molecule has 0 aromatic heterocycles. The molecular weight excluding hydrogens is 857 g/mol. The molecule has 2 heterocycles. The molecule has 67 heavy (non-hydrogen) atoms. The first kappa shape index (κ1) is 44.7. The molecule has 0 N–H and O–H groups in total. The molecule has 6 aromatic rings. The molecule has 3 unspecified atom stereocenters. The van der Waals surface area contributed by atoms with Gasteiger partial charge in [0.1, 0.15) is 6.61 Å². The molecule has 0 aliphatic carbocycles. The second-order valence-corrected chi connectivity index (χ2v) is 15.3. The molecular formula is C52H40N4O11. The number of fused-ring (bicyclic) bond motifs is 2. The van der Waals surface area contributed by atoms with Gasteiger partial charge in [0.25, 0.3) is 11.5 Å². The number of nitrogens with zero attached hydrogens (tertiary/aromatic N) is 4. The van der Waals surface area contributed by atoms with E-state index in [1.54, 1.807) is 103 Å². The average Bonchev–Trinajstić information content (AvgIpc) is 3.36. The number of hydrogen-bond acceptors (Lipinski definition) is 13. The van der Waals surface area contributed by atoms with E-state index in [1.807, 2.05) is 13.8 Å². The van der Waals surface area contributed by atoms with Gasteiger partial charge in [0.2, 0.25) is 0 Å². The third kappa shape index (κ3) is 9.95. The molecule has 334 valence electrons. The van der Waals surface area contributed by atoms with Crippen LogP contribution in [0.3, 0.4) is 0 Å². The smallest absolute Gasteiger partial charge is 0.359 e. The Balaban J connectivity index is 1.34. The third-order valence-electron chi connectivity index (χ3n) is 10.9. The zero-order valence-corrected chi connectivity index (χ0v) is 36.0. The Hall–Kier alpha value is -8.85. The number of aryl methyl sites for hydroxylation is 2. The fourth-order valence-electron chi connectivity index (χ4n) is 7.28. The zero-order chi connectivity index (χ0) is 47.0. The minimum absolute atomic E-state index is 0.0444. The van der Waals surface area contributed by atoms with Crippen molar-refractivity contribution in [2.45, 2.75) is 38.7 Å². The Morgan fingerprint density at radius 1 is 0.522 bits per heavy atom. The van der Waals surface area contributed by atoms with Crippen LogP contribution in [-0.2, 0) is 25.5 Å². The SMILES string of the molecule is Cc1cc2nc3c(=O)n(C(=O)c4ccccc4)c(=O)nc-3n(CC(OC(=O)c3ccccc3)C(OC(=O)c3ccccc3)C(COC(=O)c3ccccc3)OC(=O)c3ccccc3)c2cc1C. The summed E-state index contributed by atoms with van der Waals surface area (Å²) in [7, 11) is 0. The van der Waals surface area contributed by atoms with Crippen molar-refractivity contribution in [2.75, 3.05) is 6.61 Å². The molecule has 8 rings (SSSR count). The van der Waals surface area contributed by atoms with Gasteiger partial charge in [-0.1, -0.05) is 91.0 Å². The summed E-state index contributed by atoms with van der Waals surface area (Å²) in [6, 6.07) is 42.8. The van der Waals surface area contributed by atoms with Gasteiger partial charge in [-0.2, -0.15) is 9.55 Å². The predicted molar refractivity (Wildman–Crippen MR) is 244 cm³/mol. The predicted octanol–water partition coefficient (Wildman–Crippen LogP) is 6.90. The van der Waals surface area contributed by atoms with Gasteiger partial charge in [0.05, 0.1) is 39.8 Å². The van der Waals surface area contributed by atoms with Gasteiger partial charge in [0, 0.05) is 5.56 Å². The minimum Gasteiger partial charge on any atom is -0.458 e. The highest BCUT2D eigenvalue weighted by molar-refractivity contribution is 5.96. The molecule has 0 spiro atoms. The first-order chi connectivity index (χ1) is 32.5. The van der Waals surface area contributed by atoms with Crippen molar-refractivity contribution >= 4 is 40.8 Å². The van der Waals surface area contributed by atoms with E-state index in [1.165, 1.54) is 65.2 Å². The standard InChI is InChI=1S/C52H40N4O11/c1-32-28-39-40(29-33(32)2)55(45-43(53-39)47(58)56(52(63)54-45)46(57)34-18-8-3-9-19-34)30-41(65-49(60)36-22-12-5-13-23-36)44(67-51(62)38-26-16-7-17-27-38)42(66-50(61)37-24-14-6-15-25-37)31-64-48(59)35-20-10-4-11-21-35/h3-29,41-42,44H,30-31H2,1-2H3. The van der Waals surface area contributed by atoms with E-state index >= 15 is 0 Å². The van der Waals surface area contributed by atoms with Gasteiger partial charge >= 0.3 is 29.6 Å². The highest BCUT2D eigenvalue weighted by atomic mass is 16.6. The van der Waals surface area contributed by atoms with E-state index in [0.717, 1.165) is 11.1 Å². The van der Waals surface area contributed by atoms with E-state index in [9.17, 15) is 33.6 Å². The number of rotatable bonds is 14. The summed E-state index contributed by atoms with van der Waals surface area (Å²) >= 11 is 0. The lowest BCUT2D eigenvalue weighted by atomic mass is 10.0. The van der Waals surface area contributed by atoms with E-state index in [0.29, 0.717) is 4.57 Å². The van der Waals surface area contributed by atoms with Crippen molar-refractivity contribution in [3.63, 3.8) is 0 Å². The number of hydrogen-bond donors (Lipinski definition) is 0. The van der Waals surface area contributed by atoms with Crippen molar-refractivity contribution in [2.24, 2.45) is 0 Å². The van der Waals surface area contributed by atoms with Crippen molar-refractivity contribution in [1.29, 1.82) is 0 Å². The molecule has 15 heteroatoms. The summed E-state index contributed by atoms with van der Waals surface area (Å²) in [5.41, 5.74) is -0.218. The molecule has 0 fully saturated rings. The highest BCUT2D eigenvalue weighted by Gasteiger charge is 2.41. The molecule has 0 saturated carbocycles. The topological polar surface area (TPSA) is 192 Å². The van der Waals surface area contributed by atoms with Gasteiger partial charge in [-0.3, -0.25) is 9.59 Å². The second kappa shape index (κ2) is 19.9. The summed E-state index contributed by atoms with van der Waals surface area (Å²) in [5.74, 6) is -4.82. The van der Waals surface area contributed by atoms with Crippen LogP contribution < -0.4 is 11.2 Å². The molecule has 0 radical (unpaired) electrons. The second-order valence-electron chi connectivity index (χ2n) is 15.3. The van der Waals surface area contributed by atoms with Gasteiger partial charge in [-0.15, -0.1) is 0 Å². The van der Waals surface area contributed by atoms with Crippen LogP contribution in [0.15, 0.2) is 173 Å². The van der Waals surface area contributed by atoms with Crippen LogP contribution in [0.4, 0.5) is 0 Å². The lowest BCUT2D eigenvalue weighted by Gasteiger charge is -2.33. The molecule has 6 aromatic carbocycles. The van der Waals surface area contributed by atoms with Crippen molar-refractivity contribution in [3.8, 4) is 11.5 Å². The average molecular weight is 897 g/mol. The largest absolute Gasteiger partial charge is 0.458 e. The van der Waals surface area contributed by atoms with Gasteiger partial charge in [-0.25, -0.2) is 29.0 Å². The van der Waals surface area contributed by atoms with E-state index in [4.69, 9.17) is 18.9 Å². The Kier molecular flexibility index (Phi) is 13.3. The lowest BCUT2D eigenvalue weighted by molar-refractivity contribution is -0.104. The highest BCUT2D eigenvalue weighted by Crippen LogP contribution is 2.28. The summed E-state index contributed by atoms with van der Waals surface area (Å²) in [4.78, 5) is 107. The molecule has 3 atom stereocenters. The molecule has 15 nitrogen and oxygen atoms in total. The zero-order valence-electron chi connectivity index (χ0n) is 36.0. The van der Waals surface area contributed by atoms with Crippen LogP contribution in [-0.4, -0.2) is 73.8 Å². The maximum absolute atomic E-state index is 14.4. The Labute approximate surface area is 382 Å². The maximum atomic E-state index is 14.4. The monoisotopic (exact) mass is 896 g/mol. The van der Waals surface area contributed by atoms with E-state index in [2.05, 4.69) is 9.97 Å². The van der Waals surface area contributed by atoms with Crippen LogP contribution in [0.2, 0.25) is 0 Å². The summed E-state index contributed by atoms with van der Waals surface area (Å²) in [6.07, 6.45) is -5.20. The number of carbonyl (C=O) groups is 5. The quantitative estimate of drug-likeness (QED) is 0.0623. The third-order valence-corrected chi connectivity index (χ3v) is 10.9. The fourth-order valence-corrected chi connectivity index (χ4v) is 7.28. The van der Waals surface area contributed by atoms with Crippen LogP contribution in [0.5, 0.6) is 0 Å². The number of aromatic nitrogens is 4. The summed E-state index contributed by atoms with van der Waals surface area (Å²) < 4.78 is 26.2. The van der Waals surface area contributed by atoms with E-state index in [-0.39, 0.29) is 44.7 Å². The van der Waals surface area contributed by atoms with Gasteiger partial charge < -0.3 is 23.5 Å². The first-order valence-corrected chi connectivity index (χ1v) is 21.0. The number of ether oxygens (including phenoxy) is 4. The Morgan fingerprint density at radius 3 is 1.46 bits per heavy atom. The summed E-state index contributed by atoms with van der Waals surface area (Å²) in [6.45, 7) is 2.36. The van der Waals surface area contributed by atoms with Crippen LogP contribution in [0.1, 0.15) is 62.9 Å². The van der Waals surface area contributed by atoms with Crippen molar-refractivity contribution in [1.82, 2.24) is 19.1 Å². The van der Waals surface area contributed by atoms with E-state index < -0.39 is 78.2 Å². The van der Waals surface area contributed by atoms with Gasteiger partial charge in [0.15, 0.2) is 29.8 Å². The van der Waals surface area contributed by atoms with Crippen molar-refractivity contribution < 1.29 is 42.9 Å². The Bertz CT molecular complexity index is 3200. The maximum Gasteiger partial charge on any atom is 0.359 e. The van der Waals surface area contributed by atoms with Crippen LogP contribution in [0, 0.1) is 13.8 Å².